The van der Waals surface area contributed by atoms with Crippen LogP contribution in [0.3, 0.4) is 0 Å². The maximum Gasteiger partial charge on any atom is 0.306 e. The van der Waals surface area contributed by atoms with Crippen molar-refractivity contribution in [1.29, 1.82) is 0 Å². The van der Waals surface area contributed by atoms with Crippen LogP contribution in [0.15, 0.2) is 12.2 Å². The molecule has 0 unspecified atom stereocenters. The molecule has 0 aliphatic carbocycles. The molecular weight excluding hydrogens is 200 g/mol. The topological polar surface area (TPSA) is 87.0 Å². The molecule has 0 fully saturated rings. The van der Waals surface area contributed by atoms with Gasteiger partial charge in [0.2, 0.25) is 0 Å². The van der Waals surface area contributed by atoms with Crippen LogP contribution < -0.4 is 0 Å². The SMILES string of the molecule is C[C@H]1OC(=O)CC[C@@H](O)[C@@H](O)/C=C\[C@H]1O. The Bertz CT molecular complexity index is 250. The Morgan fingerprint density at radius 2 is 1.87 bits per heavy atom. The first-order chi connectivity index (χ1) is 7.00. The minimum absolute atomic E-state index is 0.0309. The quantitative estimate of drug-likeness (QED) is 0.370. The van der Waals surface area contributed by atoms with Crippen LogP contribution in [0, 0.1) is 0 Å². The van der Waals surface area contributed by atoms with Gasteiger partial charge in [-0.3, -0.25) is 4.79 Å². The molecule has 0 aromatic heterocycles. The molecular formula is C10H16O5. The second-order valence-corrected chi connectivity index (χ2v) is 3.67. The van der Waals surface area contributed by atoms with Gasteiger partial charge < -0.3 is 20.1 Å². The summed E-state index contributed by atoms with van der Waals surface area (Å²) in [6, 6.07) is 0. The number of hydrogen-bond acceptors (Lipinski definition) is 5. The Hall–Kier alpha value is -0.910. The fraction of sp³-hybridized carbons (Fsp3) is 0.700. The summed E-state index contributed by atoms with van der Waals surface area (Å²) in [4.78, 5) is 11.2. The van der Waals surface area contributed by atoms with Gasteiger partial charge in [-0.25, -0.2) is 0 Å². The molecule has 0 saturated carbocycles. The third kappa shape index (κ3) is 3.62. The van der Waals surface area contributed by atoms with Gasteiger partial charge in [0.1, 0.15) is 12.2 Å². The lowest BCUT2D eigenvalue weighted by Crippen LogP contribution is -2.31. The number of aliphatic hydroxyl groups excluding tert-OH is 3. The van der Waals surface area contributed by atoms with E-state index in [1.165, 1.54) is 12.2 Å². The van der Waals surface area contributed by atoms with E-state index in [1.54, 1.807) is 6.92 Å². The standard InChI is InChI=1S/C10H16O5/c1-6-7(11)2-3-8(12)9(13)4-5-10(14)15-6/h2-3,6-9,11-13H,4-5H2,1H3/b3-2-/t6-,7-,8+,9-/m1/s1. The number of carbonyl (C=O) groups excluding carboxylic acids is 1. The van der Waals surface area contributed by atoms with E-state index in [9.17, 15) is 20.1 Å². The molecule has 0 bridgehead atoms. The number of ether oxygens (including phenoxy) is 1. The van der Waals surface area contributed by atoms with Crippen molar-refractivity contribution in [1.82, 2.24) is 0 Å². The van der Waals surface area contributed by atoms with Crippen LogP contribution in [0.2, 0.25) is 0 Å². The van der Waals surface area contributed by atoms with E-state index in [0.717, 1.165) is 0 Å². The zero-order valence-electron chi connectivity index (χ0n) is 8.54. The fourth-order valence-corrected chi connectivity index (χ4v) is 1.28. The van der Waals surface area contributed by atoms with E-state index in [2.05, 4.69) is 0 Å². The van der Waals surface area contributed by atoms with Crippen LogP contribution in [0.4, 0.5) is 0 Å². The average molecular weight is 216 g/mol. The van der Waals surface area contributed by atoms with Gasteiger partial charge in [0.05, 0.1) is 12.2 Å². The molecule has 5 heteroatoms. The van der Waals surface area contributed by atoms with E-state index in [-0.39, 0.29) is 12.8 Å². The van der Waals surface area contributed by atoms with Crippen molar-refractivity contribution in [2.45, 2.75) is 44.2 Å². The van der Waals surface area contributed by atoms with Crippen molar-refractivity contribution in [2.24, 2.45) is 0 Å². The number of carbonyl (C=O) groups is 1. The van der Waals surface area contributed by atoms with Crippen LogP contribution in [0.25, 0.3) is 0 Å². The van der Waals surface area contributed by atoms with Crippen molar-refractivity contribution in [3.63, 3.8) is 0 Å². The highest BCUT2D eigenvalue weighted by molar-refractivity contribution is 5.69. The lowest BCUT2D eigenvalue weighted by Gasteiger charge is -2.21. The van der Waals surface area contributed by atoms with Crippen molar-refractivity contribution >= 4 is 5.97 Å². The van der Waals surface area contributed by atoms with E-state index in [1.807, 2.05) is 0 Å². The van der Waals surface area contributed by atoms with Crippen LogP contribution in [0.5, 0.6) is 0 Å². The zero-order valence-corrected chi connectivity index (χ0v) is 8.54. The predicted molar refractivity (Wildman–Crippen MR) is 51.9 cm³/mol. The van der Waals surface area contributed by atoms with E-state index in [0.29, 0.717) is 0 Å². The Kier molecular flexibility index (Phi) is 4.26. The molecule has 0 aromatic carbocycles. The lowest BCUT2D eigenvalue weighted by atomic mass is 10.1. The Morgan fingerprint density at radius 3 is 2.53 bits per heavy atom. The zero-order chi connectivity index (χ0) is 11.4. The molecule has 0 spiro atoms. The van der Waals surface area contributed by atoms with Gasteiger partial charge in [-0.15, -0.1) is 0 Å². The minimum atomic E-state index is -1.06. The Labute approximate surface area is 88.0 Å². The van der Waals surface area contributed by atoms with Gasteiger partial charge in [0, 0.05) is 6.42 Å². The van der Waals surface area contributed by atoms with Gasteiger partial charge in [-0.2, -0.15) is 0 Å². The van der Waals surface area contributed by atoms with Crippen molar-refractivity contribution < 1.29 is 24.9 Å². The molecule has 0 radical (unpaired) electrons. The van der Waals surface area contributed by atoms with Crippen molar-refractivity contribution in [3.8, 4) is 0 Å². The van der Waals surface area contributed by atoms with Gasteiger partial charge in [0.25, 0.3) is 0 Å². The molecule has 0 amide bonds. The van der Waals surface area contributed by atoms with Gasteiger partial charge in [0.15, 0.2) is 0 Å². The number of hydrogen-bond donors (Lipinski definition) is 3. The third-order valence-corrected chi connectivity index (χ3v) is 2.34. The molecule has 5 nitrogen and oxygen atoms in total. The summed E-state index contributed by atoms with van der Waals surface area (Å²) in [5, 5.41) is 28.2. The molecule has 0 saturated heterocycles. The Balaban J connectivity index is 2.73. The summed E-state index contributed by atoms with van der Waals surface area (Å²) in [5.41, 5.74) is 0. The van der Waals surface area contributed by atoms with E-state index < -0.39 is 30.4 Å². The van der Waals surface area contributed by atoms with Crippen LogP contribution >= 0.6 is 0 Å². The summed E-state index contributed by atoms with van der Waals surface area (Å²) < 4.78 is 4.89. The minimum Gasteiger partial charge on any atom is -0.460 e. The second kappa shape index (κ2) is 5.25. The summed E-state index contributed by atoms with van der Waals surface area (Å²) in [5.74, 6) is -0.483. The lowest BCUT2D eigenvalue weighted by molar-refractivity contribution is -0.153. The van der Waals surface area contributed by atoms with Gasteiger partial charge in [-0.05, 0) is 13.3 Å². The second-order valence-electron chi connectivity index (χ2n) is 3.67. The van der Waals surface area contributed by atoms with Crippen LogP contribution in [0.1, 0.15) is 19.8 Å². The molecule has 1 aliphatic rings. The Morgan fingerprint density at radius 1 is 1.27 bits per heavy atom. The van der Waals surface area contributed by atoms with Crippen molar-refractivity contribution in [3.05, 3.63) is 12.2 Å². The summed E-state index contributed by atoms with van der Waals surface area (Å²) in [6.07, 6.45) is -0.865. The molecule has 4 atom stereocenters. The van der Waals surface area contributed by atoms with Crippen LogP contribution in [-0.2, 0) is 9.53 Å². The molecule has 1 rings (SSSR count). The predicted octanol–water partition coefficient (Wildman–Crippen LogP) is -0.649. The normalized spacial score (nSPS) is 40.7. The number of aliphatic hydroxyl groups is 3. The highest BCUT2D eigenvalue weighted by Gasteiger charge is 2.22. The fourth-order valence-electron chi connectivity index (χ4n) is 1.28. The molecule has 3 N–H and O–H groups in total. The first kappa shape index (κ1) is 12.2. The third-order valence-electron chi connectivity index (χ3n) is 2.34. The van der Waals surface area contributed by atoms with Crippen LogP contribution in [-0.4, -0.2) is 45.7 Å². The maximum atomic E-state index is 11.2. The summed E-state index contributed by atoms with van der Waals surface area (Å²) in [6.45, 7) is 1.57. The first-order valence-electron chi connectivity index (χ1n) is 4.92. The molecule has 1 aliphatic heterocycles. The number of cyclic esters (lactones) is 1. The molecule has 1 heterocycles. The molecule has 0 aromatic rings. The average Bonchev–Trinajstić information content (AvgIpc) is 2.20. The van der Waals surface area contributed by atoms with Gasteiger partial charge in [-0.1, -0.05) is 12.2 Å². The maximum absolute atomic E-state index is 11.2. The first-order valence-corrected chi connectivity index (χ1v) is 4.92. The highest BCUT2D eigenvalue weighted by atomic mass is 16.6. The highest BCUT2D eigenvalue weighted by Crippen LogP contribution is 2.11. The number of rotatable bonds is 0. The summed E-state index contributed by atoms with van der Waals surface area (Å²) >= 11 is 0. The number of esters is 1. The van der Waals surface area contributed by atoms with E-state index in [4.69, 9.17) is 4.74 Å². The smallest absolute Gasteiger partial charge is 0.306 e. The molecule has 86 valence electrons. The molecule has 15 heavy (non-hydrogen) atoms. The monoisotopic (exact) mass is 216 g/mol. The van der Waals surface area contributed by atoms with Crippen molar-refractivity contribution in [2.75, 3.05) is 0 Å². The summed E-state index contributed by atoms with van der Waals surface area (Å²) in [7, 11) is 0. The van der Waals surface area contributed by atoms with E-state index >= 15 is 0 Å². The van der Waals surface area contributed by atoms with Gasteiger partial charge >= 0.3 is 5.97 Å². The largest absolute Gasteiger partial charge is 0.460 e.